The lowest BCUT2D eigenvalue weighted by atomic mass is 10.3. The SMILES string of the molecule is CCc1cc2c(SCC(=O)NCc3ccncc3)ncnc2s1. The largest absolute Gasteiger partial charge is 0.351 e. The van der Waals surface area contributed by atoms with Gasteiger partial charge in [0.1, 0.15) is 16.2 Å². The second-order valence-corrected chi connectivity index (χ2v) is 6.96. The molecule has 3 rings (SSSR count). The van der Waals surface area contributed by atoms with Crippen LogP contribution in [0.1, 0.15) is 17.4 Å². The minimum absolute atomic E-state index is 0.00970. The molecule has 0 saturated carbocycles. The van der Waals surface area contributed by atoms with Gasteiger partial charge in [-0.15, -0.1) is 11.3 Å². The molecule has 0 fully saturated rings. The molecular weight excluding hydrogens is 328 g/mol. The molecule has 3 aromatic rings. The van der Waals surface area contributed by atoms with Gasteiger partial charge < -0.3 is 5.32 Å². The molecule has 23 heavy (non-hydrogen) atoms. The molecule has 0 atom stereocenters. The Morgan fingerprint density at radius 3 is 2.91 bits per heavy atom. The molecule has 118 valence electrons. The molecule has 0 aliphatic carbocycles. The predicted molar refractivity (Wildman–Crippen MR) is 93.6 cm³/mol. The van der Waals surface area contributed by atoms with Gasteiger partial charge in [0.05, 0.1) is 5.75 Å². The highest BCUT2D eigenvalue weighted by molar-refractivity contribution is 8.00. The van der Waals surface area contributed by atoms with E-state index in [1.165, 1.54) is 16.6 Å². The van der Waals surface area contributed by atoms with Crippen molar-refractivity contribution in [3.8, 4) is 0 Å². The number of carbonyl (C=O) groups is 1. The highest BCUT2D eigenvalue weighted by Gasteiger charge is 2.10. The molecule has 1 N–H and O–H groups in total. The van der Waals surface area contributed by atoms with Gasteiger partial charge in [0.15, 0.2) is 0 Å². The van der Waals surface area contributed by atoms with Crippen LogP contribution in [0.4, 0.5) is 0 Å². The van der Waals surface area contributed by atoms with E-state index in [1.807, 2.05) is 12.1 Å². The number of thiophene rings is 1. The van der Waals surface area contributed by atoms with Crippen LogP contribution in [-0.2, 0) is 17.8 Å². The molecule has 0 saturated heterocycles. The Hall–Kier alpha value is -1.99. The number of fused-ring (bicyclic) bond motifs is 1. The highest BCUT2D eigenvalue weighted by atomic mass is 32.2. The summed E-state index contributed by atoms with van der Waals surface area (Å²) in [6.07, 6.45) is 5.98. The van der Waals surface area contributed by atoms with Crippen LogP contribution in [0.5, 0.6) is 0 Å². The van der Waals surface area contributed by atoms with Crippen LogP contribution in [0.2, 0.25) is 0 Å². The van der Waals surface area contributed by atoms with E-state index in [0.29, 0.717) is 12.3 Å². The average Bonchev–Trinajstić information content (AvgIpc) is 3.03. The van der Waals surface area contributed by atoms with Gasteiger partial charge in [-0.2, -0.15) is 0 Å². The van der Waals surface area contributed by atoms with Crippen LogP contribution in [0.3, 0.4) is 0 Å². The molecule has 0 unspecified atom stereocenters. The van der Waals surface area contributed by atoms with Crippen molar-refractivity contribution in [1.82, 2.24) is 20.3 Å². The number of amides is 1. The number of aromatic nitrogens is 3. The third-order valence-electron chi connectivity index (χ3n) is 3.27. The number of nitrogens with zero attached hydrogens (tertiary/aromatic N) is 3. The van der Waals surface area contributed by atoms with Crippen molar-refractivity contribution in [2.45, 2.75) is 24.9 Å². The Kier molecular flexibility index (Phi) is 5.19. The minimum atomic E-state index is -0.00970. The zero-order valence-electron chi connectivity index (χ0n) is 12.7. The van der Waals surface area contributed by atoms with Crippen LogP contribution in [0.15, 0.2) is 41.9 Å². The van der Waals surface area contributed by atoms with Crippen molar-refractivity contribution in [1.29, 1.82) is 0 Å². The molecule has 7 heteroatoms. The Bertz CT molecular complexity index is 804. The molecular formula is C16H16N4OS2. The van der Waals surface area contributed by atoms with Gasteiger partial charge in [0.25, 0.3) is 0 Å². The molecule has 0 aliphatic rings. The summed E-state index contributed by atoms with van der Waals surface area (Å²) in [6, 6.07) is 5.90. The molecule has 0 bridgehead atoms. The first kappa shape index (κ1) is 15.9. The van der Waals surface area contributed by atoms with Gasteiger partial charge in [0.2, 0.25) is 5.91 Å². The van der Waals surface area contributed by atoms with Crippen LogP contribution in [-0.4, -0.2) is 26.6 Å². The predicted octanol–water partition coefficient (Wildman–Crippen LogP) is 3.06. The van der Waals surface area contributed by atoms with Crippen LogP contribution < -0.4 is 5.32 Å². The van der Waals surface area contributed by atoms with Crippen LogP contribution in [0.25, 0.3) is 10.2 Å². The van der Waals surface area contributed by atoms with Crippen LogP contribution in [0, 0.1) is 0 Å². The summed E-state index contributed by atoms with van der Waals surface area (Å²) >= 11 is 3.13. The van der Waals surface area contributed by atoms with E-state index in [1.54, 1.807) is 30.1 Å². The molecule has 0 radical (unpaired) electrons. The third kappa shape index (κ3) is 4.05. The lowest BCUT2D eigenvalue weighted by molar-refractivity contribution is -0.118. The lowest BCUT2D eigenvalue weighted by Gasteiger charge is -2.05. The molecule has 1 amide bonds. The summed E-state index contributed by atoms with van der Waals surface area (Å²) < 4.78 is 0. The topological polar surface area (TPSA) is 67.8 Å². The maximum absolute atomic E-state index is 12.0. The Labute approximate surface area is 142 Å². The van der Waals surface area contributed by atoms with Gasteiger partial charge >= 0.3 is 0 Å². The van der Waals surface area contributed by atoms with E-state index < -0.39 is 0 Å². The first-order valence-electron chi connectivity index (χ1n) is 7.28. The van der Waals surface area contributed by atoms with Gasteiger partial charge in [0, 0.05) is 29.2 Å². The van der Waals surface area contributed by atoms with E-state index >= 15 is 0 Å². The fraction of sp³-hybridized carbons (Fsp3) is 0.250. The van der Waals surface area contributed by atoms with Crippen molar-refractivity contribution < 1.29 is 4.79 Å². The Morgan fingerprint density at radius 2 is 2.13 bits per heavy atom. The van der Waals surface area contributed by atoms with E-state index in [-0.39, 0.29) is 5.91 Å². The standard InChI is InChI=1S/C16H16N4OS2/c1-2-12-7-13-15(19-10-20-16(13)23-12)22-9-14(21)18-8-11-3-5-17-6-4-11/h3-7,10H,2,8-9H2,1H3,(H,18,21). The first-order chi connectivity index (χ1) is 11.3. The summed E-state index contributed by atoms with van der Waals surface area (Å²) in [5.41, 5.74) is 1.04. The lowest BCUT2D eigenvalue weighted by Crippen LogP contribution is -2.24. The summed E-state index contributed by atoms with van der Waals surface area (Å²) in [4.78, 5) is 26.8. The average molecular weight is 344 g/mol. The summed E-state index contributed by atoms with van der Waals surface area (Å²) in [5.74, 6) is 0.332. The Morgan fingerprint density at radius 1 is 1.30 bits per heavy atom. The number of thioether (sulfide) groups is 1. The van der Waals surface area contributed by atoms with E-state index in [2.05, 4.69) is 33.3 Å². The van der Waals surface area contributed by atoms with E-state index in [4.69, 9.17) is 0 Å². The smallest absolute Gasteiger partial charge is 0.230 e. The number of rotatable bonds is 6. The second-order valence-electron chi connectivity index (χ2n) is 4.88. The molecule has 0 aromatic carbocycles. The maximum Gasteiger partial charge on any atom is 0.230 e. The van der Waals surface area contributed by atoms with Crippen molar-refractivity contribution in [3.05, 3.63) is 47.4 Å². The monoisotopic (exact) mass is 344 g/mol. The molecule has 3 aromatic heterocycles. The number of hydrogen-bond acceptors (Lipinski definition) is 6. The summed E-state index contributed by atoms with van der Waals surface area (Å²) in [7, 11) is 0. The zero-order valence-corrected chi connectivity index (χ0v) is 14.3. The normalized spacial score (nSPS) is 10.8. The Balaban J connectivity index is 1.59. The van der Waals surface area contributed by atoms with Gasteiger partial charge in [-0.1, -0.05) is 18.7 Å². The number of pyridine rings is 1. The van der Waals surface area contributed by atoms with Crippen molar-refractivity contribution in [2.75, 3.05) is 5.75 Å². The zero-order chi connectivity index (χ0) is 16.1. The fourth-order valence-electron chi connectivity index (χ4n) is 2.06. The fourth-order valence-corrected chi connectivity index (χ4v) is 3.86. The van der Waals surface area contributed by atoms with E-state index in [0.717, 1.165) is 27.2 Å². The van der Waals surface area contributed by atoms with Crippen molar-refractivity contribution in [2.24, 2.45) is 0 Å². The van der Waals surface area contributed by atoms with Gasteiger partial charge in [-0.05, 0) is 30.2 Å². The molecule has 5 nitrogen and oxygen atoms in total. The highest BCUT2D eigenvalue weighted by Crippen LogP contribution is 2.30. The summed E-state index contributed by atoms with van der Waals surface area (Å²) in [5, 5.41) is 4.81. The number of carbonyl (C=O) groups excluding carboxylic acids is 1. The quantitative estimate of drug-likeness (QED) is 0.550. The molecule has 0 aliphatic heterocycles. The van der Waals surface area contributed by atoms with Crippen molar-refractivity contribution in [3.63, 3.8) is 0 Å². The number of nitrogens with one attached hydrogen (secondary N) is 1. The van der Waals surface area contributed by atoms with Crippen molar-refractivity contribution >= 4 is 39.2 Å². The van der Waals surface area contributed by atoms with Gasteiger partial charge in [-0.25, -0.2) is 9.97 Å². The maximum atomic E-state index is 12.0. The van der Waals surface area contributed by atoms with Crippen LogP contribution >= 0.6 is 23.1 Å². The third-order valence-corrected chi connectivity index (χ3v) is 5.46. The van der Waals surface area contributed by atoms with E-state index in [9.17, 15) is 4.79 Å². The minimum Gasteiger partial charge on any atom is -0.351 e. The number of aryl methyl sites for hydroxylation is 1. The molecule has 0 spiro atoms. The summed E-state index contributed by atoms with van der Waals surface area (Å²) in [6.45, 7) is 2.64. The second kappa shape index (κ2) is 7.52. The number of hydrogen-bond donors (Lipinski definition) is 1. The first-order valence-corrected chi connectivity index (χ1v) is 9.08. The molecule has 3 heterocycles. The van der Waals surface area contributed by atoms with Gasteiger partial charge in [-0.3, -0.25) is 9.78 Å².